The lowest BCUT2D eigenvalue weighted by molar-refractivity contribution is -0.137. The Labute approximate surface area is 183 Å². The molecule has 0 unspecified atom stereocenters. The number of aromatic amines is 1. The van der Waals surface area contributed by atoms with Gasteiger partial charge in [0.25, 0.3) is 0 Å². The van der Waals surface area contributed by atoms with E-state index in [1.165, 1.54) is 4.31 Å². The van der Waals surface area contributed by atoms with Gasteiger partial charge in [0.15, 0.2) is 0 Å². The summed E-state index contributed by atoms with van der Waals surface area (Å²) in [5.41, 5.74) is 1.16. The van der Waals surface area contributed by atoms with Crippen LogP contribution in [0.4, 0.5) is 13.2 Å². The minimum atomic E-state index is -4.53. The van der Waals surface area contributed by atoms with E-state index in [0.717, 1.165) is 40.7 Å². The average molecular weight is 465 g/mol. The lowest BCUT2D eigenvalue weighted by Gasteiger charge is -2.34. The van der Waals surface area contributed by atoms with Gasteiger partial charge in [-0.2, -0.15) is 17.5 Å². The van der Waals surface area contributed by atoms with Gasteiger partial charge in [-0.25, -0.2) is 8.42 Å². The Kier molecular flexibility index (Phi) is 6.00. The second-order valence-corrected chi connectivity index (χ2v) is 9.60. The summed E-state index contributed by atoms with van der Waals surface area (Å²) in [7, 11) is -3.92. The molecule has 1 fully saturated rings. The summed E-state index contributed by atoms with van der Waals surface area (Å²) in [5.74, 6) is -0.0538. The third kappa shape index (κ3) is 4.51. The lowest BCUT2D eigenvalue weighted by Crippen LogP contribution is -2.50. The third-order valence-electron chi connectivity index (χ3n) is 5.69. The number of fused-ring (bicyclic) bond motifs is 1. The maximum Gasteiger partial charge on any atom is 0.416 e. The van der Waals surface area contributed by atoms with Crippen LogP contribution in [-0.2, 0) is 27.4 Å². The Balaban J connectivity index is 1.34. The standard InChI is InChI=1S/C22H22F3N3O3S/c23-22(24,25)17-6-8-18(9-7-17)32(30,31)28-13-11-27(12-14-28)21(29)10-5-16-15-26-20-4-2-1-3-19(16)20/h1-4,6-9,15,26H,5,10-14H2. The number of halogens is 3. The summed E-state index contributed by atoms with van der Waals surface area (Å²) in [4.78, 5) is 17.3. The van der Waals surface area contributed by atoms with Crippen LogP contribution < -0.4 is 0 Å². The SMILES string of the molecule is O=C(CCc1c[nH]c2ccccc12)N1CCN(S(=O)(=O)c2ccc(C(F)(F)F)cc2)CC1. The molecule has 0 spiro atoms. The molecule has 32 heavy (non-hydrogen) atoms. The second kappa shape index (κ2) is 8.59. The van der Waals surface area contributed by atoms with Crippen molar-refractivity contribution in [2.24, 2.45) is 0 Å². The Morgan fingerprint density at radius 3 is 2.28 bits per heavy atom. The Morgan fingerprint density at radius 1 is 0.969 bits per heavy atom. The van der Waals surface area contributed by atoms with E-state index in [1.54, 1.807) is 4.90 Å². The molecule has 1 saturated heterocycles. The number of alkyl halides is 3. The average Bonchev–Trinajstić information content (AvgIpc) is 3.20. The summed E-state index contributed by atoms with van der Waals surface area (Å²) in [5, 5.41) is 1.08. The minimum absolute atomic E-state index is 0.0538. The first-order chi connectivity index (χ1) is 15.2. The van der Waals surface area contributed by atoms with E-state index in [2.05, 4.69) is 4.98 Å². The number of piperazine rings is 1. The van der Waals surface area contributed by atoms with Crippen LogP contribution in [0.2, 0.25) is 0 Å². The molecule has 1 aliphatic heterocycles. The number of nitrogens with one attached hydrogen (secondary N) is 1. The predicted octanol–water partition coefficient (Wildman–Crippen LogP) is 3.65. The van der Waals surface area contributed by atoms with Gasteiger partial charge < -0.3 is 9.88 Å². The summed E-state index contributed by atoms with van der Waals surface area (Å²) in [6.45, 7) is 0.684. The van der Waals surface area contributed by atoms with Gasteiger partial charge in [-0.05, 0) is 42.3 Å². The number of hydrogen-bond donors (Lipinski definition) is 1. The van der Waals surface area contributed by atoms with Crippen molar-refractivity contribution in [3.8, 4) is 0 Å². The van der Waals surface area contributed by atoms with Crippen LogP contribution in [0.15, 0.2) is 59.6 Å². The van der Waals surface area contributed by atoms with Gasteiger partial charge in [-0.15, -0.1) is 0 Å². The number of benzene rings is 2. The molecule has 1 N–H and O–H groups in total. The van der Waals surface area contributed by atoms with E-state index in [0.29, 0.717) is 12.8 Å². The molecule has 2 aromatic carbocycles. The lowest BCUT2D eigenvalue weighted by atomic mass is 10.1. The fourth-order valence-corrected chi connectivity index (χ4v) is 5.30. The molecule has 10 heteroatoms. The number of H-pyrrole nitrogens is 1. The molecule has 3 aromatic rings. The number of para-hydroxylation sites is 1. The van der Waals surface area contributed by atoms with Crippen LogP contribution in [0, 0.1) is 0 Å². The topological polar surface area (TPSA) is 73.5 Å². The van der Waals surface area contributed by atoms with Crippen LogP contribution in [0.25, 0.3) is 10.9 Å². The van der Waals surface area contributed by atoms with Crippen LogP contribution in [-0.4, -0.2) is 54.7 Å². The maximum absolute atomic E-state index is 12.8. The van der Waals surface area contributed by atoms with Crippen molar-refractivity contribution in [2.75, 3.05) is 26.2 Å². The van der Waals surface area contributed by atoms with Gasteiger partial charge in [-0.1, -0.05) is 18.2 Å². The van der Waals surface area contributed by atoms with Gasteiger partial charge >= 0.3 is 6.18 Å². The predicted molar refractivity (Wildman–Crippen MR) is 113 cm³/mol. The first kappa shape index (κ1) is 22.3. The number of aryl methyl sites for hydroxylation is 1. The first-order valence-electron chi connectivity index (χ1n) is 10.2. The number of nitrogens with zero attached hydrogens (tertiary/aromatic N) is 2. The maximum atomic E-state index is 12.8. The van der Waals surface area contributed by atoms with Crippen molar-refractivity contribution in [1.29, 1.82) is 0 Å². The van der Waals surface area contributed by atoms with Crippen molar-refractivity contribution in [1.82, 2.24) is 14.2 Å². The highest BCUT2D eigenvalue weighted by Crippen LogP contribution is 2.30. The van der Waals surface area contributed by atoms with Crippen molar-refractivity contribution in [2.45, 2.75) is 23.9 Å². The normalized spacial score (nSPS) is 15.9. The van der Waals surface area contributed by atoms with Crippen LogP contribution >= 0.6 is 0 Å². The zero-order valence-electron chi connectivity index (χ0n) is 17.1. The fraction of sp³-hybridized carbons (Fsp3) is 0.318. The van der Waals surface area contributed by atoms with Gasteiger partial charge in [0.2, 0.25) is 15.9 Å². The summed E-state index contributed by atoms with van der Waals surface area (Å²) >= 11 is 0. The number of rotatable bonds is 5. The Hall–Kier alpha value is -2.85. The molecule has 0 bridgehead atoms. The molecule has 4 rings (SSSR count). The number of aromatic nitrogens is 1. The molecule has 170 valence electrons. The van der Waals surface area contributed by atoms with Crippen molar-refractivity contribution in [3.63, 3.8) is 0 Å². The van der Waals surface area contributed by atoms with Gasteiger partial charge in [0.05, 0.1) is 10.5 Å². The Morgan fingerprint density at radius 2 is 1.62 bits per heavy atom. The van der Waals surface area contributed by atoms with E-state index >= 15 is 0 Å². The van der Waals surface area contributed by atoms with Crippen LogP contribution in [0.1, 0.15) is 17.5 Å². The van der Waals surface area contributed by atoms with E-state index in [4.69, 9.17) is 0 Å². The van der Waals surface area contributed by atoms with Crippen molar-refractivity contribution in [3.05, 3.63) is 65.9 Å². The molecule has 2 heterocycles. The quantitative estimate of drug-likeness (QED) is 0.625. The number of hydrogen-bond acceptors (Lipinski definition) is 3. The van der Waals surface area contributed by atoms with E-state index < -0.39 is 21.8 Å². The third-order valence-corrected chi connectivity index (χ3v) is 7.61. The fourth-order valence-electron chi connectivity index (χ4n) is 3.88. The van der Waals surface area contributed by atoms with Crippen LogP contribution in [0.3, 0.4) is 0 Å². The first-order valence-corrected chi connectivity index (χ1v) is 11.6. The summed E-state index contributed by atoms with van der Waals surface area (Å²) in [6, 6.07) is 11.3. The number of carbonyl (C=O) groups excluding carboxylic acids is 1. The Bertz CT molecular complexity index is 1210. The minimum Gasteiger partial charge on any atom is -0.361 e. The largest absolute Gasteiger partial charge is 0.416 e. The molecule has 0 aliphatic carbocycles. The highest BCUT2D eigenvalue weighted by atomic mass is 32.2. The molecule has 0 atom stereocenters. The van der Waals surface area contributed by atoms with Gasteiger partial charge in [-0.3, -0.25) is 4.79 Å². The zero-order chi connectivity index (χ0) is 22.9. The molecule has 1 aromatic heterocycles. The number of carbonyl (C=O) groups is 1. The second-order valence-electron chi connectivity index (χ2n) is 7.67. The smallest absolute Gasteiger partial charge is 0.361 e. The monoisotopic (exact) mass is 465 g/mol. The number of amides is 1. The van der Waals surface area contributed by atoms with Crippen molar-refractivity contribution < 1.29 is 26.4 Å². The molecular weight excluding hydrogens is 443 g/mol. The molecule has 0 saturated carbocycles. The van der Waals surface area contributed by atoms with Crippen LogP contribution in [0.5, 0.6) is 0 Å². The summed E-state index contributed by atoms with van der Waals surface area (Å²) in [6.07, 6.45) is -1.74. The molecular formula is C22H22F3N3O3S. The summed E-state index contributed by atoms with van der Waals surface area (Å²) < 4.78 is 64.9. The van der Waals surface area contributed by atoms with Crippen molar-refractivity contribution >= 4 is 26.8 Å². The van der Waals surface area contributed by atoms with E-state index in [-0.39, 0.29) is 37.0 Å². The molecule has 6 nitrogen and oxygen atoms in total. The number of sulfonamides is 1. The van der Waals surface area contributed by atoms with Gasteiger partial charge in [0, 0.05) is 49.7 Å². The highest BCUT2D eigenvalue weighted by molar-refractivity contribution is 7.89. The van der Waals surface area contributed by atoms with E-state index in [9.17, 15) is 26.4 Å². The molecule has 1 aliphatic rings. The highest BCUT2D eigenvalue weighted by Gasteiger charge is 2.33. The van der Waals surface area contributed by atoms with E-state index in [1.807, 2.05) is 30.5 Å². The molecule has 1 amide bonds. The van der Waals surface area contributed by atoms with Gasteiger partial charge in [0.1, 0.15) is 0 Å². The zero-order valence-corrected chi connectivity index (χ0v) is 17.9. The molecule has 0 radical (unpaired) electrons.